The van der Waals surface area contributed by atoms with E-state index in [4.69, 9.17) is 20.4 Å². The van der Waals surface area contributed by atoms with Crippen molar-refractivity contribution in [3.05, 3.63) is 0 Å². The molecule has 25 heavy (non-hydrogen) atoms. The topological polar surface area (TPSA) is 224 Å². The molecule has 0 aliphatic heterocycles. The van der Waals surface area contributed by atoms with Crippen molar-refractivity contribution in [2.24, 2.45) is 0 Å². The molecule has 6 atom stereocenters. The molecule has 0 amide bonds. The maximum Gasteiger partial charge on any atom is 0.374 e. The molecule has 0 aromatic carbocycles. The van der Waals surface area contributed by atoms with Gasteiger partial charge >= 0.3 is 11.9 Å². The second kappa shape index (κ2) is 12.0. The predicted molar refractivity (Wildman–Crippen MR) is 72.7 cm³/mol. The lowest BCUT2D eigenvalue weighted by Gasteiger charge is -2.18. The van der Waals surface area contributed by atoms with E-state index in [2.05, 4.69) is 14.8 Å². The molecule has 8 N–H and O–H groups in total. The Morgan fingerprint density at radius 3 is 1.24 bits per heavy atom. The van der Waals surface area contributed by atoms with Gasteiger partial charge < -0.3 is 40.9 Å². The van der Waals surface area contributed by atoms with Crippen LogP contribution in [-0.4, -0.2) is 103 Å². The van der Waals surface area contributed by atoms with Crippen LogP contribution in [0.25, 0.3) is 0 Å². The number of rotatable bonds is 12. The first kappa shape index (κ1) is 23.6. The van der Waals surface area contributed by atoms with Crippen molar-refractivity contribution in [3.63, 3.8) is 0 Å². The standard InChI is InChI=1S/C12H22O13/c13-3-9(19)5(15)1-7(17)11(21)23-25-24-12(22)8(18)2-6(16)10(20)4-14/h5-10,13-20H,1-4H2/t5-,6-,7+,8+,9+,10+/m0/s1. The third kappa shape index (κ3) is 9.01. The number of hydrogen-bond donors (Lipinski definition) is 8. The van der Waals surface area contributed by atoms with E-state index in [1.165, 1.54) is 0 Å². The molecule has 13 heteroatoms. The molecule has 0 saturated heterocycles. The summed E-state index contributed by atoms with van der Waals surface area (Å²) in [7, 11) is 0. The summed E-state index contributed by atoms with van der Waals surface area (Å²) in [6.07, 6.45) is -11.9. The summed E-state index contributed by atoms with van der Waals surface area (Å²) < 4.78 is 0. The maximum atomic E-state index is 11.2. The van der Waals surface area contributed by atoms with Gasteiger partial charge in [0.05, 0.1) is 25.4 Å². The second-order valence-electron chi connectivity index (χ2n) is 5.01. The molecular weight excluding hydrogens is 352 g/mol. The SMILES string of the molecule is O=C(OOOC(=O)[C@H](O)C[C@H](O)[C@H](O)CO)[C@H](O)C[C@H](O)[C@H](O)CO. The van der Waals surface area contributed by atoms with E-state index in [0.29, 0.717) is 0 Å². The van der Waals surface area contributed by atoms with Crippen LogP contribution < -0.4 is 0 Å². The third-order valence-electron chi connectivity index (χ3n) is 2.97. The lowest BCUT2D eigenvalue weighted by Crippen LogP contribution is -2.37. The summed E-state index contributed by atoms with van der Waals surface area (Å²) >= 11 is 0. The Kier molecular flexibility index (Phi) is 11.3. The van der Waals surface area contributed by atoms with Gasteiger partial charge in [0.1, 0.15) is 12.2 Å². The summed E-state index contributed by atoms with van der Waals surface area (Å²) in [6.45, 7) is -1.63. The number of carbonyl (C=O) groups excluding carboxylic acids is 2. The molecule has 0 rings (SSSR count). The fraction of sp³-hybridized carbons (Fsp3) is 0.833. The number of aliphatic hydroxyl groups excluding tert-OH is 8. The monoisotopic (exact) mass is 374 g/mol. The normalized spacial score (nSPS) is 18.6. The van der Waals surface area contributed by atoms with Crippen molar-refractivity contribution < 1.29 is 65.3 Å². The molecule has 0 aromatic rings. The van der Waals surface area contributed by atoms with Crippen molar-refractivity contribution >= 4 is 11.9 Å². The quantitative estimate of drug-likeness (QED) is 0.118. The highest BCUT2D eigenvalue weighted by molar-refractivity contribution is 5.74. The van der Waals surface area contributed by atoms with E-state index >= 15 is 0 Å². The predicted octanol–water partition coefficient (Wildman–Crippen LogP) is -5.15. The highest BCUT2D eigenvalue weighted by Gasteiger charge is 2.28. The van der Waals surface area contributed by atoms with Gasteiger partial charge in [0.2, 0.25) is 0 Å². The van der Waals surface area contributed by atoms with Crippen LogP contribution in [0.3, 0.4) is 0 Å². The van der Waals surface area contributed by atoms with Gasteiger partial charge in [-0.05, 0) is 0 Å². The molecule has 0 radical (unpaired) electrons. The van der Waals surface area contributed by atoms with Crippen molar-refractivity contribution in [2.45, 2.75) is 49.5 Å². The Bertz CT molecular complexity index is 366. The average Bonchev–Trinajstić information content (AvgIpc) is 2.59. The van der Waals surface area contributed by atoms with Gasteiger partial charge in [-0.1, -0.05) is 0 Å². The smallest absolute Gasteiger partial charge is 0.374 e. The Hall–Kier alpha value is -1.42. The molecule has 0 saturated carbocycles. The zero-order valence-electron chi connectivity index (χ0n) is 12.9. The van der Waals surface area contributed by atoms with Gasteiger partial charge in [-0.2, -0.15) is 0 Å². The number of carbonyl (C=O) groups is 2. The zero-order chi connectivity index (χ0) is 19.6. The molecule has 13 nitrogen and oxygen atoms in total. The molecule has 0 spiro atoms. The maximum absolute atomic E-state index is 11.2. The molecule has 0 aliphatic rings. The molecule has 0 aliphatic carbocycles. The lowest BCUT2D eigenvalue weighted by molar-refractivity contribution is -0.463. The van der Waals surface area contributed by atoms with E-state index in [9.17, 15) is 30.0 Å². The summed E-state index contributed by atoms with van der Waals surface area (Å²) in [5.41, 5.74) is 0. The first-order valence-corrected chi connectivity index (χ1v) is 7.02. The van der Waals surface area contributed by atoms with Crippen LogP contribution >= 0.6 is 0 Å². The Morgan fingerprint density at radius 1 is 0.640 bits per heavy atom. The highest BCUT2D eigenvalue weighted by atomic mass is 17.5. The molecular formula is C12H22O13. The minimum atomic E-state index is -1.98. The fourth-order valence-electron chi connectivity index (χ4n) is 1.40. The molecule has 0 heterocycles. The Morgan fingerprint density at radius 2 is 0.960 bits per heavy atom. The van der Waals surface area contributed by atoms with Gasteiger partial charge in [0.15, 0.2) is 12.2 Å². The summed E-state index contributed by atoms with van der Waals surface area (Å²) in [5.74, 6) is -3.02. The van der Waals surface area contributed by atoms with E-state index in [0.717, 1.165) is 0 Å². The van der Waals surface area contributed by atoms with Gasteiger partial charge in [-0.25, -0.2) is 9.59 Å². The van der Waals surface area contributed by atoms with Gasteiger partial charge in [0.25, 0.3) is 0 Å². The summed E-state index contributed by atoms with van der Waals surface area (Å²) in [5, 5.41) is 76.2. The summed E-state index contributed by atoms with van der Waals surface area (Å²) in [4.78, 5) is 30.2. The van der Waals surface area contributed by atoms with E-state index < -0.39 is 74.6 Å². The number of aliphatic hydroxyl groups is 8. The van der Waals surface area contributed by atoms with Crippen LogP contribution in [-0.2, 0) is 24.4 Å². The summed E-state index contributed by atoms with van der Waals surface area (Å²) in [6, 6.07) is 0. The van der Waals surface area contributed by atoms with Crippen LogP contribution in [0.5, 0.6) is 0 Å². The van der Waals surface area contributed by atoms with Crippen LogP contribution in [0.15, 0.2) is 0 Å². The van der Waals surface area contributed by atoms with Crippen molar-refractivity contribution in [1.82, 2.24) is 0 Å². The second-order valence-corrected chi connectivity index (χ2v) is 5.01. The highest BCUT2D eigenvalue weighted by Crippen LogP contribution is 2.07. The van der Waals surface area contributed by atoms with Gasteiger partial charge in [0, 0.05) is 17.9 Å². The van der Waals surface area contributed by atoms with Crippen molar-refractivity contribution in [3.8, 4) is 0 Å². The minimum absolute atomic E-state index is 0.717. The van der Waals surface area contributed by atoms with E-state index in [1.807, 2.05) is 0 Å². The van der Waals surface area contributed by atoms with Crippen LogP contribution in [0.4, 0.5) is 0 Å². The van der Waals surface area contributed by atoms with Gasteiger partial charge in [-0.3, -0.25) is 9.78 Å². The molecule has 148 valence electrons. The lowest BCUT2D eigenvalue weighted by atomic mass is 10.1. The molecule has 0 unspecified atom stereocenters. The average molecular weight is 374 g/mol. The largest absolute Gasteiger partial charge is 0.394 e. The minimum Gasteiger partial charge on any atom is -0.394 e. The first-order valence-electron chi connectivity index (χ1n) is 7.02. The first-order chi connectivity index (χ1) is 11.6. The van der Waals surface area contributed by atoms with Crippen molar-refractivity contribution in [1.29, 1.82) is 0 Å². The van der Waals surface area contributed by atoms with Crippen LogP contribution in [0.2, 0.25) is 0 Å². The van der Waals surface area contributed by atoms with Gasteiger partial charge in [-0.15, -0.1) is 0 Å². The van der Waals surface area contributed by atoms with Crippen LogP contribution in [0, 0.1) is 0 Å². The van der Waals surface area contributed by atoms with E-state index in [1.54, 1.807) is 0 Å². The molecule has 0 bridgehead atoms. The Labute approximate surface area is 141 Å². The van der Waals surface area contributed by atoms with Crippen molar-refractivity contribution in [2.75, 3.05) is 13.2 Å². The van der Waals surface area contributed by atoms with E-state index in [-0.39, 0.29) is 0 Å². The molecule has 0 fully saturated rings. The third-order valence-corrected chi connectivity index (χ3v) is 2.97. The zero-order valence-corrected chi connectivity index (χ0v) is 12.9. The fourth-order valence-corrected chi connectivity index (χ4v) is 1.40. The Balaban J connectivity index is 4.15. The number of hydrogen-bond acceptors (Lipinski definition) is 13. The van der Waals surface area contributed by atoms with Crippen LogP contribution in [0.1, 0.15) is 12.8 Å². The molecule has 0 aromatic heterocycles.